The number of rotatable bonds is 10. The predicted octanol–water partition coefficient (Wildman–Crippen LogP) is 11.8. The summed E-state index contributed by atoms with van der Waals surface area (Å²) in [5.41, 5.74) is 0. The van der Waals surface area contributed by atoms with Gasteiger partial charge in [0, 0.05) is 5.40 Å². The van der Waals surface area contributed by atoms with Gasteiger partial charge in [-0.2, -0.15) is 0 Å². The lowest BCUT2D eigenvalue weighted by Crippen LogP contribution is -2.29. The zero-order valence-electron chi connectivity index (χ0n) is 27.5. The molecule has 0 aromatic heterocycles. The Bertz CT molecular complexity index is 2010. The molecule has 0 unspecified atom stereocenters. The molecule has 48 heavy (non-hydrogen) atoms. The summed E-state index contributed by atoms with van der Waals surface area (Å²) in [6.45, 7) is 2.34. The van der Waals surface area contributed by atoms with Crippen LogP contribution >= 0.6 is 15.8 Å². The van der Waals surface area contributed by atoms with Gasteiger partial charge in [0.15, 0.2) is 0 Å². The molecule has 0 atom stereocenters. The highest BCUT2D eigenvalue weighted by atomic mass is 31.2. The third-order valence-electron chi connectivity index (χ3n) is 9.77. The molecule has 8 aromatic rings. The van der Waals surface area contributed by atoms with E-state index in [4.69, 9.17) is 0 Å². The van der Waals surface area contributed by atoms with Crippen LogP contribution in [-0.4, -0.2) is 5.40 Å². The van der Waals surface area contributed by atoms with Gasteiger partial charge in [0.25, 0.3) is 0 Å². The number of hydrogen-bond donors (Lipinski definition) is 0. The van der Waals surface area contributed by atoms with Crippen LogP contribution < -0.4 is 21.2 Å². The maximum atomic E-state index is 2.46. The van der Waals surface area contributed by atoms with Gasteiger partial charge < -0.3 is 0 Å². The molecule has 0 amide bonds. The average Bonchev–Trinajstić information content (AvgIpc) is 3.15. The molecule has 8 aromatic carbocycles. The van der Waals surface area contributed by atoms with Crippen LogP contribution in [0.2, 0.25) is 0 Å². The SMILES string of the molecule is CCCCCC(P(c1cccc2ccccc12)c1cccc2ccccc12)P(c1cccc2ccccc12)c1cccc2ccccc12. The minimum Gasteiger partial charge on any atom is -0.0654 e. The lowest BCUT2D eigenvalue weighted by Gasteiger charge is -2.38. The molecule has 0 heterocycles. The van der Waals surface area contributed by atoms with E-state index in [1.54, 1.807) is 0 Å². The van der Waals surface area contributed by atoms with Gasteiger partial charge in [0.1, 0.15) is 0 Å². The van der Waals surface area contributed by atoms with Crippen LogP contribution in [0.15, 0.2) is 170 Å². The number of unbranched alkanes of at least 4 members (excludes halogenated alkanes) is 2. The lowest BCUT2D eigenvalue weighted by atomic mass is 10.1. The second-order valence-electron chi connectivity index (χ2n) is 12.7. The number of benzene rings is 8. The monoisotopic (exact) mass is 654 g/mol. The van der Waals surface area contributed by atoms with Crippen molar-refractivity contribution < 1.29 is 0 Å². The molecule has 0 N–H and O–H groups in total. The zero-order chi connectivity index (χ0) is 32.3. The van der Waals surface area contributed by atoms with Gasteiger partial charge in [-0.25, -0.2) is 0 Å². The molecule has 0 saturated heterocycles. The van der Waals surface area contributed by atoms with Gasteiger partial charge in [-0.1, -0.05) is 196 Å². The summed E-state index contributed by atoms with van der Waals surface area (Å²) >= 11 is 0. The molecular weight excluding hydrogens is 614 g/mol. The molecule has 0 aliphatic carbocycles. The zero-order valence-corrected chi connectivity index (χ0v) is 29.3. The highest BCUT2D eigenvalue weighted by Crippen LogP contribution is 2.60. The van der Waals surface area contributed by atoms with Crippen LogP contribution in [0.4, 0.5) is 0 Å². The van der Waals surface area contributed by atoms with Crippen molar-refractivity contribution in [2.45, 2.75) is 38.0 Å². The van der Waals surface area contributed by atoms with E-state index in [9.17, 15) is 0 Å². The van der Waals surface area contributed by atoms with E-state index in [0.717, 1.165) is 0 Å². The Morgan fingerprint density at radius 1 is 0.354 bits per heavy atom. The summed E-state index contributed by atoms with van der Waals surface area (Å²) in [5, 5.41) is 17.3. The van der Waals surface area contributed by atoms with E-state index < -0.39 is 15.8 Å². The van der Waals surface area contributed by atoms with Crippen LogP contribution in [0, 0.1) is 0 Å². The first-order valence-corrected chi connectivity index (χ1v) is 20.1. The fraction of sp³-hybridized carbons (Fsp3) is 0.130. The van der Waals surface area contributed by atoms with Crippen molar-refractivity contribution in [2.75, 3.05) is 0 Å². The maximum Gasteiger partial charge on any atom is 0.0155 e. The van der Waals surface area contributed by atoms with Crippen molar-refractivity contribution in [3.05, 3.63) is 170 Å². The van der Waals surface area contributed by atoms with E-state index in [1.807, 2.05) is 0 Å². The molecule has 0 aliphatic heterocycles. The average molecular weight is 655 g/mol. The second kappa shape index (κ2) is 14.0. The Morgan fingerprint density at radius 2 is 0.646 bits per heavy atom. The number of hydrogen-bond acceptors (Lipinski definition) is 0. The first-order valence-electron chi connectivity index (χ1n) is 17.3. The molecule has 8 rings (SSSR count). The first kappa shape index (κ1) is 31.0. The van der Waals surface area contributed by atoms with Gasteiger partial charge in [0.2, 0.25) is 0 Å². The highest BCUT2D eigenvalue weighted by molar-refractivity contribution is 7.90. The Kier molecular flexibility index (Phi) is 9.05. The van der Waals surface area contributed by atoms with E-state index in [-0.39, 0.29) is 0 Å². The minimum atomic E-state index is -0.799. The van der Waals surface area contributed by atoms with Crippen molar-refractivity contribution in [3.63, 3.8) is 0 Å². The minimum absolute atomic E-state index is 0.426. The van der Waals surface area contributed by atoms with Crippen LogP contribution in [0.3, 0.4) is 0 Å². The molecule has 0 nitrogen and oxygen atoms in total. The molecule has 0 aliphatic rings. The first-order chi connectivity index (χ1) is 23.8. The van der Waals surface area contributed by atoms with Crippen molar-refractivity contribution >= 4 is 80.2 Å². The maximum absolute atomic E-state index is 2.46. The molecular formula is C46H40P2. The summed E-state index contributed by atoms with van der Waals surface area (Å²) in [7, 11) is -1.60. The van der Waals surface area contributed by atoms with Gasteiger partial charge in [0.05, 0.1) is 0 Å². The lowest BCUT2D eigenvalue weighted by molar-refractivity contribution is 0.694. The number of fused-ring (bicyclic) bond motifs is 4. The standard InChI is InChI=1S/C46H40P2/c1-2-3-4-33-46(47(42-29-13-21-34-17-5-9-25-38(34)42)43-30-14-22-35-18-6-10-26-39(35)43)48(44-31-15-23-36-19-7-11-27-40(36)44)45-32-16-24-37-20-8-12-28-41(37)45/h5-32,46H,2-4,33H2,1H3. The molecule has 2 heteroatoms. The van der Waals surface area contributed by atoms with Gasteiger partial charge in [-0.15, -0.1) is 0 Å². The smallest absolute Gasteiger partial charge is 0.0155 e. The summed E-state index contributed by atoms with van der Waals surface area (Å²) in [4.78, 5) is 0. The largest absolute Gasteiger partial charge is 0.0654 e. The van der Waals surface area contributed by atoms with Crippen LogP contribution in [-0.2, 0) is 0 Å². The highest BCUT2D eigenvalue weighted by Gasteiger charge is 2.36. The third-order valence-corrected chi connectivity index (χ3v) is 16.5. The fourth-order valence-corrected chi connectivity index (χ4v) is 15.5. The Hall–Kier alpha value is -4.34. The Labute approximate surface area is 287 Å². The predicted molar refractivity (Wildman–Crippen MR) is 216 cm³/mol. The molecule has 0 fully saturated rings. The molecule has 0 saturated carbocycles. The van der Waals surface area contributed by atoms with Crippen molar-refractivity contribution in [3.8, 4) is 0 Å². The van der Waals surface area contributed by atoms with Crippen LogP contribution in [0.5, 0.6) is 0 Å². The van der Waals surface area contributed by atoms with Crippen molar-refractivity contribution in [2.24, 2.45) is 0 Å². The molecule has 0 spiro atoms. The molecule has 234 valence electrons. The van der Waals surface area contributed by atoms with Gasteiger partial charge in [-0.3, -0.25) is 0 Å². The summed E-state index contributed by atoms with van der Waals surface area (Å²) in [5.74, 6) is 0. The Morgan fingerprint density at radius 3 is 0.958 bits per heavy atom. The second-order valence-corrected chi connectivity index (χ2v) is 17.8. The van der Waals surface area contributed by atoms with Crippen LogP contribution in [0.25, 0.3) is 43.1 Å². The van der Waals surface area contributed by atoms with E-state index in [2.05, 4.69) is 177 Å². The van der Waals surface area contributed by atoms with E-state index in [1.165, 1.54) is 90.0 Å². The summed E-state index contributed by atoms with van der Waals surface area (Å²) < 4.78 is 0. The van der Waals surface area contributed by atoms with Gasteiger partial charge >= 0.3 is 0 Å². The van der Waals surface area contributed by atoms with Crippen molar-refractivity contribution in [1.29, 1.82) is 0 Å². The van der Waals surface area contributed by atoms with Crippen molar-refractivity contribution in [1.82, 2.24) is 0 Å². The quantitative estimate of drug-likeness (QED) is 0.102. The fourth-order valence-electron chi connectivity index (χ4n) is 7.53. The molecule has 0 bridgehead atoms. The van der Waals surface area contributed by atoms with Crippen LogP contribution in [0.1, 0.15) is 32.6 Å². The van der Waals surface area contributed by atoms with E-state index in [0.29, 0.717) is 5.40 Å². The summed E-state index contributed by atoms with van der Waals surface area (Å²) in [6, 6.07) is 64.5. The normalized spacial score (nSPS) is 11.9. The van der Waals surface area contributed by atoms with Gasteiger partial charge in [-0.05, 0) is 86.6 Å². The third kappa shape index (κ3) is 5.83. The summed E-state index contributed by atoms with van der Waals surface area (Å²) in [6.07, 6.45) is 4.88. The van der Waals surface area contributed by atoms with E-state index >= 15 is 0 Å². The topological polar surface area (TPSA) is 0 Å². The molecule has 0 radical (unpaired) electrons. The Balaban J connectivity index is 1.49.